The first kappa shape index (κ1) is 15.8. The molecular weight excluding hydrogens is 262 g/mol. The van der Waals surface area contributed by atoms with E-state index in [0.717, 1.165) is 17.8 Å². The quantitative estimate of drug-likeness (QED) is 0.791. The van der Waals surface area contributed by atoms with Crippen LogP contribution in [0.15, 0.2) is 18.2 Å². The van der Waals surface area contributed by atoms with Gasteiger partial charge in [-0.2, -0.15) is 0 Å². The Hall–Kier alpha value is -1.55. The van der Waals surface area contributed by atoms with Crippen LogP contribution in [0.25, 0.3) is 0 Å². The van der Waals surface area contributed by atoms with Crippen molar-refractivity contribution in [2.45, 2.75) is 52.6 Å². The van der Waals surface area contributed by atoms with Crippen LogP contribution >= 0.6 is 0 Å². The van der Waals surface area contributed by atoms with Crippen molar-refractivity contribution < 1.29 is 4.79 Å². The maximum Gasteiger partial charge on any atom is 0.241 e. The molecular formula is C17H27N3O. The molecule has 1 amide bonds. The van der Waals surface area contributed by atoms with Crippen molar-refractivity contribution in [1.29, 1.82) is 0 Å². The van der Waals surface area contributed by atoms with E-state index in [4.69, 9.17) is 5.73 Å². The van der Waals surface area contributed by atoms with E-state index in [-0.39, 0.29) is 11.9 Å². The van der Waals surface area contributed by atoms with Gasteiger partial charge in [0, 0.05) is 24.0 Å². The average molecular weight is 289 g/mol. The van der Waals surface area contributed by atoms with Gasteiger partial charge in [0.05, 0.1) is 6.04 Å². The zero-order chi connectivity index (χ0) is 15.6. The third kappa shape index (κ3) is 3.97. The molecule has 0 aliphatic heterocycles. The number of nitrogen functional groups attached to an aromatic ring is 1. The molecule has 0 aromatic heterocycles. The van der Waals surface area contributed by atoms with Gasteiger partial charge in [0.2, 0.25) is 5.91 Å². The number of amides is 1. The van der Waals surface area contributed by atoms with Crippen molar-refractivity contribution in [2.75, 3.05) is 17.6 Å². The smallest absolute Gasteiger partial charge is 0.241 e. The first-order valence-electron chi connectivity index (χ1n) is 7.81. The van der Waals surface area contributed by atoms with Gasteiger partial charge < -0.3 is 11.1 Å². The maximum atomic E-state index is 12.5. The third-order valence-electron chi connectivity index (χ3n) is 4.10. The SMILES string of the molecule is Cc1c(N)cccc1NC(=O)C(C)N(CC(C)C)C1CC1. The molecule has 0 spiro atoms. The van der Waals surface area contributed by atoms with E-state index in [1.165, 1.54) is 12.8 Å². The standard InChI is InChI=1S/C17H27N3O/c1-11(2)10-20(14-8-9-14)13(4)17(21)19-16-7-5-6-15(18)12(16)3/h5-7,11,13-14H,8-10,18H2,1-4H3,(H,19,21). The molecule has 1 aliphatic carbocycles. The molecule has 1 atom stereocenters. The lowest BCUT2D eigenvalue weighted by molar-refractivity contribution is -0.121. The second-order valence-electron chi connectivity index (χ2n) is 6.51. The van der Waals surface area contributed by atoms with Crippen molar-refractivity contribution in [3.8, 4) is 0 Å². The van der Waals surface area contributed by atoms with E-state index in [9.17, 15) is 4.79 Å². The predicted molar refractivity (Wildman–Crippen MR) is 88.2 cm³/mol. The molecule has 0 heterocycles. The monoisotopic (exact) mass is 289 g/mol. The lowest BCUT2D eigenvalue weighted by Crippen LogP contribution is -2.45. The molecule has 1 aromatic carbocycles. The van der Waals surface area contributed by atoms with Gasteiger partial charge in [-0.15, -0.1) is 0 Å². The van der Waals surface area contributed by atoms with E-state index in [1.807, 2.05) is 32.0 Å². The molecule has 116 valence electrons. The lowest BCUT2D eigenvalue weighted by atomic mass is 10.1. The molecule has 1 unspecified atom stereocenters. The number of benzene rings is 1. The van der Waals surface area contributed by atoms with Crippen LogP contribution in [0.2, 0.25) is 0 Å². The summed E-state index contributed by atoms with van der Waals surface area (Å²) in [4.78, 5) is 14.9. The zero-order valence-electron chi connectivity index (χ0n) is 13.5. The molecule has 0 radical (unpaired) electrons. The van der Waals surface area contributed by atoms with Crippen molar-refractivity contribution in [3.63, 3.8) is 0 Å². The first-order valence-corrected chi connectivity index (χ1v) is 7.81. The average Bonchev–Trinajstić information content (AvgIpc) is 3.24. The van der Waals surface area contributed by atoms with Crippen molar-refractivity contribution >= 4 is 17.3 Å². The van der Waals surface area contributed by atoms with Crippen LogP contribution in [0.1, 0.15) is 39.2 Å². The minimum absolute atomic E-state index is 0.0521. The number of nitrogens with zero attached hydrogens (tertiary/aromatic N) is 1. The Morgan fingerprint density at radius 1 is 1.38 bits per heavy atom. The molecule has 4 nitrogen and oxygen atoms in total. The normalized spacial score (nSPS) is 16.3. The Kier molecular flexibility index (Phi) is 4.88. The summed E-state index contributed by atoms with van der Waals surface area (Å²) in [6.45, 7) is 9.29. The number of nitrogens with one attached hydrogen (secondary N) is 1. The van der Waals surface area contributed by atoms with Crippen LogP contribution in [-0.2, 0) is 4.79 Å². The maximum absolute atomic E-state index is 12.5. The largest absolute Gasteiger partial charge is 0.398 e. The second kappa shape index (κ2) is 6.48. The summed E-state index contributed by atoms with van der Waals surface area (Å²) >= 11 is 0. The highest BCUT2D eigenvalue weighted by Gasteiger charge is 2.35. The van der Waals surface area contributed by atoms with E-state index < -0.39 is 0 Å². The topological polar surface area (TPSA) is 58.4 Å². The van der Waals surface area contributed by atoms with Crippen molar-refractivity contribution in [2.24, 2.45) is 5.92 Å². The molecule has 0 bridgehead atoms. The Morgan fingerprint density at radius 3 is 2.62 bits per heavy atom. The summed E-state index contributed by atoms with van der Waals surface area (Å²) in [5.74, 6) is 0.617. The summed E-state index contributed by atoms with van der Waals surface area (Å²) in [5.41, 5.74) is 8.35. The Labute approximate surface area is 127 Å². The highest BCUT2D eigenvalue weighted by molar-refractivity contribution is 5.95. The van der Waals surface area contributed by atoms with E-state index >= 15 is 0 Å². The fourth-order valence-corrected chi connectivity index (χ4v) is 2.63. The molecule has 1 fully saturated rings. The van der Waals surface area contributed by atoms with E-state index in [1.54, 1.807) is 0 Å². The molecule has 2 rings (SSSR count). The van der Waals surface area contributed by atoms with Crippen LogP contribution < -0.4 is 11.1 Å². The summed E-state index contributed by atoms with van der Waals surface area (Å²) < 4.78 is 0. The summed E-state index contributed by atoms with van der Waals surface area (Å²) in [6.07, 6.45) is 2.42. The van der Waals surface area contributed by atoms with Gasteiger partial charge in [-0.05, 0) is 50.3 Å². The Balaban J connectivity index is 2.05. The van der Waals surface area contributed by atoms with E-state index in [2.05, 4.69) is 24.1 Å². The summed E-state index contributed by atoms with van der Waals surface area (Å²) in [5, 5.41) is 3.03. The molecule has 0 saturated heterocycles. The van der Waals surface area contributed by atoms with Gasteiger partial charge in [0.25, 0.3) is 0 Å². The number of nitrogens with two attached hydrogens (primary N) is 1. The predicted octanol–water partition coefficient (Wildman–Crippen LogP) is 3.02. The lowest BCUT2D eigenvalue weighted by Gasteiger charge is -2.30. The van der Waals surface area contributed by atoms with Gasteiger partial charge >= 0.3 is 0 Å². The van der Waals surface area contributed by atoms with Crippen molar-refractivity contribution in [3.05, 3.63) is 23.8 Å². The van der Waals surface area contributed by atoms with Crippen LogP contribution in [0.5, 0.6) is 0 Å². The molecule has 1 saturated carbocycles. The second-order valence-corrected chi connectivity index (χ2v) is 6.51. The van der Waals surface area contributed by atoms with Gasteiger partial charge in [0.15, 0.2) is 0 Å². The summed E-state index contributed by atoms with van der Waals surface area (Å²) in [6, 6.07) is 6.09. The minimum Gasteiger partial charge on any atom is -0.398 e. The van der Waals surface area contributed by atoms with Crippen LogP contribution in [-0.4, -0.2) is 29.4 Å². The molecule has 4 heteroatoms. The fraction of sp³-hybridized carbons (Fsp3) is 0.588. The Bertz CT molecular complexity index is 509. The number of hydrogen-bond acceptors (Lipinski definition) is 3. The van der Waals surface area contributed by atoms with E-state index in [0.29, 0.717) is 17.6 Å². The highest BCUT2D eigenvalue weighted by atomic mass is 16.2. The summed E-state index contributed by atoms with van der Waals surface area (Å²) in [7, 11) is 0. The molecule has 1 aliphatic rings. The highest BCUT2D eigenvalue weighted by Crippen LogP contribution is 2.30. The zero-order valence-corrected chi connectivity index (χ0v) is 13.5. The molecule has 21 heavy (non-hydrogen) atoms. The van der Waals surface area contributed by atoms with Crippen LogP contribution in [0, 0.1) is 12.8 Å². The number of carbonyl (C=O) groups is 1. The molecule has 3 N–H and O–H groups in total. The number of anilines is 2. The Morgan fingerprint density at radius 2 is 2.05 bits per heavy atom. The fourth-order valence-electron chi connectivity index (χ4n) is 2.63. The number of rotatable bonds is 6. The van der Waals surface area contributed by atoms with Crippen LogP contribution in [0.4, 0.5) is 11.4 Å². The van der Waals surface area contributed by atoms with Gasteiger partial charge in [-0.25, -0.2) is 0 Å². The minimum atomic E-state index is -0.110. The van der Waals surface area contributed by atoms with Gasteiger partial charge in [-0.3, -0.25) is 9.69 Å². The van der Waals surface area contributed by atoms with Gasteiger partial charge in [0.1, 0.15) is 0 Å². The van der Waals surface area contributed by atoms with Crippen molar-refractivity contribution in [1.82, 2.24) is 4.90 Å². The number of hydrogen-bond donors (Lipinski definition) is 2. The van der Waals surface area contributed by atoms with Gasteiger partial charge in [-0.1, -0.05) is 19.9 Å². The van der Waals surface area contributed by atoms with Crippen LogP contribution in [0.3, 0.4) is 0 Å². The molecule has 1 aromatic rings. The first-order chi connectivity index (χ1) is 9.90. The number of carbonyl (C=O) groups excluding carboxylic acids is 1. The third-order valence-corrected chi connectivity index (χ3v) is 4.10.